The van der Waals surface area contributed by atoms with Gasteiger partial charge in [-0.05, 0) is 12.8 Å². The topological polar surface area (TPSA) is 0 Å². The van der Waals surface area contributed by atoms with E-state index in [1.54, 1.807) is 0 Å². The average Bonchev–Trinajstić information content (AvgIpc) is 2.61. The van der Waals surface area contributed by atoms with Crippen LogP contribution in [0.2, 0.25) is 0 Å². The van der Waals surface area contributed by atoms with Crippen LogP contribution in [-0.2, 0) is 6.54 Å². The second kappa shape index (κ2) is 14.3. The lowest BCUT2D eigenvalue weighted by atomic mass is 10.1. The molecule has 2 heteroatoms. The van der Waals surface area contributed by atoms with Gasteiger partial charge < -0.3 is 28.5 Å². The van der Waals surface area contributed by atoms with Gasteiger partial charge in [0, 0.05) is 5.56 Å². The minimum Gasteiger partial charge on any atom is -1.00 e. The van der Waals surface area contributed by atoms with E-state index in [-0.39, 0.29) is 37.1 Å². The summed E-state index contributed by atoms with van der Waals surface area (Å²) in [7, 11) is 0. The summed E-state index contributed by atoms with van der Waals surface area (Å²) in [5.41, 5.74) is 0.752. The Balaban J connectivity index is 0.00000784. The van der Waals surface area contributed by atoms with Crippen LogP contribution in [0.4, 0.5) is 0 Å². The SMILES string of the molecule is [2H]C([2H])([2H])[N+](CCCCCCCCCCCC)(Cc1ccccc1)C([2H])([2H])[2H].[I-]. The first-order chi connectivity index (χ1) is 13.1. The normalized spacial score (nSPS) is 16.2. The van der Waals surface area contributed by atoms with Gasteiger partial charge in [-0.15, -0.1) is 0 Å². The van der Waals surface area contributed by atoms with Crippen LogP contribution in [0.3, 0.4) is 0 Å². The molecule has 0 saturated carbocycles. The van der Waals surface area contributed by atoms with Gasteiger partial charge in [0.1, 0.15) is 6.54 Å². The van der Waals surface area contributed by atoms with Crippen molar-refractivity contribution in [2.75, 3.05) is 20.5 Å². The van der Waals surface area contributed by atoms with Gasteiger partial charge in [0.05, 0.1) is 28.7 Å². The molecule has 0 radical (unpaired) electrons. The highest BCUT2D eigenvalue weighted by Gasteiger charge is 2.14. The van der Waals surface area contributed by atoms with Gasteiger partial charge >= 0.3 is 0 Å². The van der Waals surface area contributed by atoms with Crippen molar-refractivity contribution in [3.8, 4) is 0 Å². The molecule has 0 atom stereocenters. The lowest BCUT2D eigenvalue weighted by Gasteiger charge is -2.30. The van der Waals surface area contributed by atoms with Crippen LogP contribution >= 0.6 is 0 Å². The largest absolute Gasteiger partial charge is 1.00 e. The molecule has 0 aliphatic carbocycles. The van der Waals surface area contributed by atoms with Gasteiger partial charge in [0.25, 0.3) is 0 Å². The molecule has 0 saturated heterocycles. The quantitative estimate of drug-likeness (QED) is 0.253. The molecular weight excluding hydrogens is 393 g/mol. The summed E-state index contributed by atoms with van der Waals surface area (Å²) in [5.74, 6) is 0. The zero-order valence-electron chi connectivity index (χ0n) is 20.7. The number of halogens is 1. The molecule has 1 aromatic carbocycles. The predicted molar refractivity (Wildman–Crippen MR) is 99.0 cm³/mol. The minimum atomic E-state index is -2.58. The molecule has 0 aromatic heterocycles. The number of unbranched alkanes of at least 4 members (excludes halogenated alkanes) is 9. The maximum atomic E-state index is 8.01. The van der Waals surface area contributed by atoms with Gasteiger partial charge in [-0.2, -0.15) is 0 Å². The van der Waals surface area contributed by atoms with Crippen molar-refractivity contribution in [3.05, 3.63) is 35.9 Å². The molecule has 0 N–H and O–H groups in total. The highest BCUT2D eigenvalue weighted by Crippen LogP contribution is 2.13. The van der Waals surface area contributed by atoms with Gasteiger partial charge in [-0.1, -0.05) is 88.6 Å². The van der Waals surface area contributed by atoms with Crippen LogP contribution < -0.4 is 24.0 Å². The molecule has 0 aliphatic heterocycles. The summed E-state index contributed by atoms with van der Waals surface area (Å²) in [5, 5.41) is 0. The van der Waals surface area contributed by atoms with E-state index in [4.69, 9.17) is 8.22 Å². The van der Waals surface area contributed by atoms with Crippen molar-refractivity contribution in [1.29, 1.82) is 0 Å². The van der Waals surface area contributed by atoms with Gasteiger partial charge in [0.15, 0.2) is 0 Å². The Kier molecular flexibility index (Phi) is 8.76. The smallest absolute Gasteiger partial charge is 0.104 e. The number of hydrogen-bond donors (Lipinski definition) is 0. The minimum absolute atomic E-state index is 0. The fraction of sp³-hybridized carbons (Fsp3) is 0.714. The molecule has 1 aromatic rings. The zero-order chi connectivity index (χ0) is 21.1. The first-order valence-electron chi connectivity index (χ1n) is 12.1. The Morgan fingerprint density at radius 2 is 1.30 bits per heavy atom. The number of benzene rings is 1. The number of quaternary nitrogens is 1. The highest BCUT2D eigenvalue weighted by molar-refractivity contribution is 5.13. The van der Waals surface area contributed by atoms with Gasteiger partial charge in [-0.3, -0.25) is 0 Å². The second-order valence-electron chi connectivity index (χ2n) is 6.52. The summed E-state index contributed by atoms with van der Waals surface area (Å²) < 4.78 is 47.2. The van der Waals surface area contributed by atoms with Crippen molar-refractivity contribution in [2.24, 2.45) is 0 Å². The summed E-state index contributed by atoms with van der Waals surface area (Å²) >= 11 is 0. The van der Waals surface area contributed by atoms with Crippen LogP contribution in [0.15, 0.2) is 30.3 Å². The first-order valence-corrected chi connectivity index (χ1v) is 9.05. The molecule has 0 aliphatic rings. The van der Waals surface area contributed by atoms with E-state index in [2.05, 4.69) is 6.92 Å². The summed E-state index contributed by atoms with van der Waals surface area (Å²) in [6.45, 7) is -2.79. The molecule has 0 amide bonds. The molecule has 0 fully saturated rings. The van der Waals surface area contributed by atoms with Crippen molar-refractivity contribution in [2.45, 2.75) is 77.7 Å². The first kappa shape index (κ1) is 14.1. The summed E-state index contributed by atoms with van der Waals surface area (Å²) in [6.07, 6.45) is 11.4. The zero-order valence-corrected chi connectivity index (χ0v) is 16.9. The van der Waals surface area contributed by atoms with Crippen molar-refractivity contribution < 1.29 is 36.7 Å². The fourth-order valence-electron chi connectivity index (χ4n) is 2.84. The summed E-state index contributed by atoms with van der Waals surface area (Å²) in [4.78, 5) is 0. The van der Waals surface area contributed by atoms with E-state index in [0.717, 1.165) is 24.8 Å². The maximum absolute atomic E-state index is 8.01. The molecule has 0 unspecified atom stereocenters. The van der Waals surface area contributed by atoms with E-state index in [1.807, 2.05) is 30.3 Å². The Morgan fingerprint density at radius 3 is 1.83 bits per heavy atom. The Hall–Kier alpha value is -0.0900. The monoisotopic (exact) mass is 437 g/mol. The Labute approximate surface area is 170 Å². The Bertz CT molecular complexity index is 516. The van der Waals surface area contributed by atoms with Crippen LogP contribution in [0.25, 0.3) is 0 Å². The standard InChI is InChI=1S/C21H38N.HI/c1-4-5-6-7-8-9-10-11-12-16-19-22(2,3)20-21-17-14-13-15-18-21;/h13-15,17-18H,4-12,16,19-20H2,1-3H3;1H/q+1;/p-1/i2D3,3D3;. The molecule has 0 spiro atoms. The molecule has 134 valence electrons. The summed E-state index contributed by atoms with van der Waals surface area (Å²) in [6, 6.07) is 9.12. The molecule has 0 heterocycles. The molecule has 23 heavy (non-hydrogen) atoms. The van der Waals surface area contributed by atoms with E-state index in [9.17, 15) is 0 Å². The molecule has 1 rings (SSSR count). The van der Waals surface area contributed by atoms with E-state index >= 15 is 0 Å². The van der Waals surface area contributed by atoms with Gasteiger partial charge in [-0.25, -0.2) is 0 Å². The van der Waals surface area contributed by atoms with Crippen LogP contribution in [-0.4, -0.2) is 25.0 Å². The van der Waals surface area contributed by atoms with E-state index in [1.165, 1.54) is 38.5 Å². The average molecular weight is 437 g/mol. The highest BCUT2D eigenvalue weighted by atomic mass is 127. The number of rotatable bonds is 13. The van der Waals surface area contributed by atoms with Crippen molar-refractivity contribution in [1.82, 2.24) is 0 Å². The predicted octanol–water partition coefficient (Wildman–Crippen LogP) is 3.19. The van der Waals surface area contributed by atoms with Crippen molar-refractivity contribution >= 4 is 0 Å². The second-order valence-corrected chi connectivity index (χ2v) is 6.52. The van der Waals surface area contributed by atoms with E-state index in [0.29, 0.717) is 6.42 Å². The van der Waals surface area contributed by atoms with E-state index < -0.39 is 18.4 Å². The van der Waals surface area contributed by atoms with Crippen LogP contribution in [0.5, 0.6) is 0 Å². The Morgan fingerprint density at radius 1 is 0.783 bits per heavy atom. The third-order valence-corrected chi connectivity index (χ3v) is 4.19. The lowest BCUT2D eigenvalue weighted by molar-refractivity contribution is -0.903. The van der Waals surface area contributed by atoms with Crippen LogP contribution in [0, 0.1) is 0 Å². The van der Waals surface area contributed by atoms with Crippen molar-refractivity contribution in [3.63, 3.8) is 0 Å². The molecular formula is C21H38IN. The van der Waals surface area contributed by atoms with Crippen LogP contribution in [0.1, 0.15) is 84.9 Å². The molecule has 1 nitrogen and oxygen atoms in total. The molecule has 0 bridgehead atoms. The maximum Gasteiger partial charge on any atom is 0.104 e. The number of hydrogen-bond acceptors (Lipinski definition) is 0. The van der Waals surface area contributed by atoms with Gasteiger partial charge in [0.2, 0.25) is 0 Å². The third kappa shape index (κ3) is 12.9. The lowest BCUT2D eigenvalue weighted by Crippen LogP contribution is -3.00. The third-order valence-electron chi connectivity index (χ3n) is 4.19. The number of nitrogens with zero attached hydrogens (tertiary/aromatic N) is 1. The fourth-order valence-corrected chi connectivity index (χ4v) is 2.84.